The van der Waals surface area contributed by atoms with Crippen LogP contribution in [0.4, 0.5) is 22.7 Å². The molecule has 0 radical (unpaired) electrons. The van der Waals surface area contributed by atoms with Gasteiger partial charge in [0.1, 0.15) is 0 Å². The first kappa shape index (κ1) is 21.8. The number of nitrogens with zero attached hydrogens (tertiary/aromatic N) is 1. The highest BCUT2D eigenvalue weighted by Crippen LogP contribution is 2.26. The van der Waals surface area contributed by atoms with E-state index in [1.54, 1.807) is 12.1 Å². The molecule has 0 bridgehead atoms. The number of nitrogen functional groups attached to an aromatic ring is 2. The van der Waals surface area contributed by atoms with Crippen molar-refractivity contribution in [3.63, 3.8) is 0 Å². The van der Waals surface area contributed by atoms with Gasteiger partial charge in [0.05, 0.1) is 25.9 Å². The van der Waals surface area contributed by atoms with Crippen molar-refractivity contribution < 1.29 is 20.4 Å². The Balaban J connectivity index is 2.12. The summed E-state index contributed by atoms with van der Waals surface area (Å²) in [5.74, 6) is 0. The Labute approximate surface area is 165 Å². The minimum absolute atomic E-state index is 0.0111. The SMILES string of the molecule is Nc1ccc(N)c(CC(O)CO)c1CNc1ccc(N(CCO)CCO)cc1. The summed E-state index contributed by atoms with van der Waals surface area (Å²) in [5, 5.41) is 40.5. The fraction of sp³-hybridized carbons (Fsp3) is 0.400. The summed E-state index contributed by atoms with van der Waals surface area (Å²) in [4.78, 5) is 1.90. The monoisotopic (exact) mass is 390 g/mol. The molecule has 0 saturated heterocycles. The molecule has 2 rings (SSSR count). The summed E-state index contributed by atoms with van der Waals surface area (Å²) in [6.07, 6.45) is -0.674. The largest absolute Gasteiger partial charge is 0.398 e. The number of aliphatic hydroxyl groups is 4. The summed E-state index contributed by atoms with van der Waals surface area (Å²) < 4.78 is 0. The first-order valence-electron chi connectivity index (χ1n) is 9.25. The number of aliphatic hydroxyl groups excluding tert-OH is 4. The quantitative estimate of drug-likeness (QED) is 0.268. The molecular formula is C20H30N4O4. The summed E-state index contributed by atoms with van der Waals surface area (Å²) in [6.45, 7) is 0.989. The molecule has 0 saturated carbocycles. The first-order valence-corrected chi connectivity index (χ1v) is 9.25. The van der Waals surface area contributed by atoms with Gasteiger partial charge in [-0.2, -0.15) is 0 Å². The van der Waals surface area contributed by atoms with Crippen LogP contribution in [0.2, 0.25) is 0 Å². The van der Waals surface area contributed by atoms with Gasteiger partial charge in [-0.1, -0.05) is 0 Å². The van der Waals surface area contributed by atoms with E-state index in [4.69, 9.17) is 26.8 Å². The minimum Gasteiger partial charge on any atom is -0.398 e. The zero-order valence-electron chi connectivity index (χ0n) is 15.9. The molecule has 2 aromatic carbocycles. The van der Waals surface area contributed by atoms with Gasteiger partial charge >= 0.3 is 0 Å². The Morgan fingerprint density at radius 2 is 1.43 bits per heavy atom. The number of hydrogen-bond acceptors (Lipinski definition) is 8. The van der Waals surface area contributed by atoms with Gasteiger partial charge in [-0.05, 0) is 47.5 Å². The van der Waals surface area contributed by atoms with E-state index in [0.29, 0.717) is 31.0 Å². The van der Waals surface area contributed by atoms with E-state index in [9.17, 15) is 5.11 Å². The second-order valence-corrected chi connectivity index (χ2v) is 6.58. The maximum absolute atomic E-state index is 9.80. The molecule has 8 heteroatoms. The van der Waals surface area contributed by atoms with Gasteiger partial charge in [0.25, 0.3) is 0 Å². The molecule has 9 N–H and O–H groups in total. The summed E-state index contributed by atoms with van der Waals surface area (Å²) >= 11 is 0. The number of hydrogen-bond donors (Lipinski definition) is 7. The fourth-order valence-electron chi connectivity index (χ4n) is 3.07. The molecule has 1 unspecified atom stereocenters. The van der Waals surface area contributed by atoms with Crippen LogP contribution in [0.1, 0.15) is 11.1 Å². The number of nitrogens with one attached hydrogen (secondary N) is 1. The normalized spacial score (nSPS) is 12.0. The Kier molecular flexibility index (Phi) is 8.34. The van der Waals surface area contributed by atoms with Crippen molar-refractivity contribution in [2.45, 2.75) is 19.1 Å². The molecule has 0 amide bonds. The molecule has 1 atom stereocenters. The smallest absolute Gasteiger partial charge is 0.0812 e. The van der Waals surface area contributed by atoms with E-state index < -0.39 is 6.10 Å². The molecule has 8 nitrogen and oxygen atoms in total. The van der Waals surface area contributed by atoms with Crippen molar-refractivity contribution in [2.24, 2.45) is 0 Å². The topological polar surface area (TPSA) is 148 Å². The third-order valence-electron chi connectivity index (χ3n) is 4.60. The van der Waals surface area contributed by atoms with Crippen molar-refractivity contribution in [3.05, 3.63) is 47.5 Å². The average Bonchev–Trinajstić information content (AvgIpc) is 2.70. The highest BCUT2D eigenvalue weighted by atomic mass is 16.3. The molecule has 0 spiro atoms. The van der Waals surface area contributed by atoms with Gasteiger partial charge in [0.2, 0.25) is 0 Å². The van der Waals surface area contributed by atoms with E-state index in [1.165, 1.54) is 0 Å². The van der Waals surface area contributed by atoms with Gasteiger partial charge in [-0.15, -0.1) is 0 Å². The Bertz CT molecular complexity index is 734. The zero-order valence-corrected chi connectivity index (χ0v) is 15.9. The van der Waals surface area contributed by atoms with Crippen LogP contribution >= 0.6 is 0 Å². The van der Waals surface area contributed by atoms with Gasteiger partial charge < -0.3 is 42.1 Å². The van der Waals surface area contributed by atoms with Crippen molar-refractivity contribution >= 4 is 22.7 Å². The van der Waals surface area contributed by atoms with Gasteiger partial charge in [-0.3, -0.25) is 0 Å². The molecule has 2 aromatic rings. The van der Waals surface area contributed by atoms with Gasteiger partial charge in [-0.25, -0.2) is 0 Å². The standard InChI is InChI=1S/C20H30N4O4/c21-19-5-6-20(22)18(17(19)11-16(28)13-27)12-23-14-1-3-15(4-2-14)24(7-9-25)8-10-26/h1-6,16,23,25-28H,7-13,21-22H2. The Morgan fingerprint density at radius 1 is 0.857 bits per heavy atom. The van der Waals surface area contributed by atoms with E-state index >= 15 is 0 Å². The van der Waals surface area contributed by atoms with Crippen LogP contribution in [0, 0.1) is 0 Å². The molecular weight excluding hydrogens is 360 g/mol. The lowest BCUT2D eigenvalue weighted by Crippen LogP contribution is -2.29. The van der Waals surface area contributed by atoms with Crippen LogP contribution in [0.25, 0.3) is 0 Å². The Hall–Kier alpha value is -2.52. The van der Waals surface area contributed by atoms with E-state index in [-0.39, 0.29) is 26.2 Å². The molecule has 0 aliphatic rings. The number of rotatable bonds is 11. The highest BCUT2D eigenvalue weighted by molar-refractivity contribution is 5.64. The van der Waals surface area contributed by atoms with Crippen LogP contribution in [-0.4, -0.2) is 59.4 Å². The maximum atomic E-state index is 9.80. The predicted molar refractivity (Wildman–Crippen MR) is 112 cm³/mol. The second-order valence-electron chi connectivity index (χ2n) is 6.58. The van der Waals surface area contributed by atoms with Crippen molar-refractivity contribution in [3.8, 4) is 0 Å². The molecule has 0 aromatic heterocycles. The lowest BCUT2D eigenvalue weighted by molar-refractivity contribution is 0.0955. The maximum Gasteiger partial charge on any atom is 0.0812 e. The van der Waals surface area contributed by atoms with Crippen LogP contribution < -0.4 is 21.7 Å². The average molecular weight is 390 g/mol. The molecule has 28 heavy (non-hydrogen) atoms. The predicted octanol–water partition coefficient (Wildman–Crippen LogP) is 0.150. The Morgan fingerprint density at radius 3 is 1.96 bits per heavy atom. The molecule has 0 aliphatic heterocycles. The lowest BCUT2D eigenvalue weighted by atomic mass is 9.98. The van der Waals surface area contributed by atoms with Gasteiger partial charge in [0, 0.05) is 48.8 Å². The summed E-state index contributed by atoms with van der Waals surface area (Å²) in [7, 11) is 0. The third kappa shape index (κ3) is 5.74. The van der Waals surface area contributed by atoms with Crippen molar-refractivity contribution in [1.29, 1.82) is 0 Å². The third-order valence-corrected chi connectivity index (χ3v) is 4.60. The number of anilines is 4. The second kappa shape index (κ2) is 10.7. The molecule has 0 fully saturated rings. The summed E-state index contributed by atoms with van der Waals surface area (Å²) in [6, 6.07) is 11.1. The van der Waals surface area contributed by atoms with E-state index in [1.807, 2.05) is 29.2 Å². The van der Waals surface area contributed by atoms with Crippen LogP contribution in [0.5, 0.6) is 0 Å². The fourth-order valence-corrected chi connectivity index (χ4v) is 3.07. The molecule has 154 valence electrons. The van der Waals surface area contributed by atoms with E-state index in [0.717, 1.165) is 22.5 Å². The van der Waals surface area contributed by atoms with Crippen LogP contribution in [0.3, 0.4) is 0 Å². The summed E-state index contributed by atoms with van der Waals surface area (Å²) in [5.41, 5.74) is 16.5. The van der Waals surface area contributed by atoms with Crippen LogP contribution in [0.15, 0.2) is 36.4 Å². The lowest BCUT2D eigenvalue weighted by Gasteiger charge is -2.23. The highest BCUT2D eigenvalue weighted by Gasteiger charge is 2.14. The number of benzene rings is 2. The molecule has 0 aliphatic carbocycles. The minimum atomic E-state index is -0.897. The number of nitrogens with two attached hydrogens (primary N) is 2. The first-order chi connectivity index (χ1) is 13.5. The molecule has 0 heterocycles. The van der Waals surface area contributed by atoms with Crippen LogP contribution in [-0.2, 0) is 13.0 Å². The van der Waals surface area contributed by atoms with E-state index in [2.05, 4.69) is 5.32 Å². The van der Waals surface area contributed by atoms with Gasteiger partial charge in [0.15, 0.2) is 0 Å². The van der Waals surface area contributed by atoms with Crippen molar-refractivity contribution in [2.75, 3.05) is 54.6 Å². The zero-order chi connectivity index (χ0) is 20.5. The van der Waals surface area contributed by atoms with Crippen molar-refractivity contribution in [1.82, 2.24) is 0 Å².